The second-order valence-corrected chi connectivity index (χ2v) is 2.97. The van der Waals surface area contributed by atoms with Gasteiger partial charge < -0.3 is 10.6 Å². The number of hydrogen-bond acceptors (Lipinski definition) is 2. The van der Waals surface area contributed by atoms with Crippen molar-refractivity contribution < 1.29 is 4.79 Å². The highest BCUT2D eigenvalue weighted by Crippen LogP contribution is 2.05. The summed E-state index contributed by atoms with van der Waals surface area (Å²) >= 11 is 0. The highest BCUT2D eigenvalue weighted by atomic mass is 16.1. The summed E-state index contributed by atoms with van der Waals surface area (Å²) in [6, 6.07) is 0. The molecule has 3 heteroatoms. The van der Waals surface area contributed by atoms with Gasteiger partial charge >= 0.3 is 0 Å². The van der Waals surface area contributed by atoms with Gasteiger partial charge in [0.05, 0.1) is 0 Å². The first-order valence-electron chi connectivity index (χ1n) is 3.93. The molecule has 0 aliphatic carbocycles. The number of rotatable bonds is 1. The van der Waals surface area contributed by atoms with Gasteiger partial charge in [-0.3, -0.25) is 4.79 Å². The maximum Gasteiger partial charge on any atom is 0.245 e. The van der Waals surface area contributed by atoms with E-state index >= 15 is 0 Å². The number of carbonyl (C=O) groups excluding carboxylic acids is 1. The largest absolute Gasteiger partial charge is 0.386 e. The Hall–Kier alpha value is -0.990. The third-order valence-corrected chi connectivity index (χ3v) is 1.66. The Kier molecular flexibility index (Phi) is 2.52. The molecular formula is C8H14N2O. The molecule has 1 aliphatic heterocycles. The molecule has 1 rings (SSSR count). The van der Waals surface area contributed by atoms with E-state index in [9.17, 15) is 4.79 Å². The lowest BCUT2D eigenvalue weighted by Crippen LogP contribution is -2.25. The minimum Gasteiger partial charge on any atom is -0.386 e. The first kappa shape index (κ1) is 8.11. The fourth-order valence-electron chi connectivity index (χ4n) is 1.01. The van der Waals surface area contributed by atoms with Crippen molar-refractivity contribution in [3.05, 3.63) is 11.8 Å². The fraction of sp³-hybridized carbons (Fsp3) is 0.625. The van der Waals surface area contributed by atoms with Gasteiger partial charge in [0, 0.05) is 24.9 Å². The molecule has 0 aromatic heterocycles. The molecule has 0 atom stereocenters. The molecule has 0 saturated carbocycles. The van der Waals surface area contributed by atoms with Crippen LogP contribution in [0.5, 0.6) is 0 Å². The molecule has 1 amide bonds. The molecule has 0 radical (unpaired) electrons. The summed E-state index contributed by atoms with van der Waals surface area (Å²) < 4.78 is 0. The normalized spacial score (nSPS) is 18.5. The number of carbonyl (C=O) groups is 1. The van der Waals surface area contributed by atoms with Gasteiger partial charge in [-0.05, 0) is 5.92 Å². The van der Waals surface area contributed by atoms with E-state index < -0.39 is 0 Å². The Bertz CT molecular complexity index is 185. The van der Waals surface area contributed by atoms with E-state index in [2.05, 4.69) is 24.5 Å². The van der Waals surface area contributed by atoms with E-state index in [0.717, 1.165) is 12.2 Å². The van der Waals surface area contributed by atoms with Gasteiger partial charge in [-0.25, -0.2) is 0 Å². The lowest BCUT2D eigenvalue weighted by molar-refractivity contribution is -0.116. The zero-order valence-electron chi connectivity index (χ0n) is 6.98. The van der Waals surface area contributed by atoms with Crippen molar-refractivity contribution in [3.8, 4) is 0 Å². The third kappa shape index (κ3) is 2.26. The summed E-state index contributed by atoms with van der Waals surface area (Å²) in [5.41, 5.74) is 1.03. The average Bonchev–Trinajstić information content (AvgIpc) is 2.13. The van der Waals surface area contributed by atoms with E-state index in [1.807, 2.05) is 0 Å². The molecule has 1 heterocycles. The summed E-state index contributed by atoms with van der Waals surface area (Å²) in [6.07, 6.45) is 1.64. The second kappa shape index (κ2) is 3.42. The number of amides is 1. The van der Waals surface area contributed by atoms with Crippen LogP contribution in [0, 0.1) is 5.92 Å². The van der Waals surface area contributed by atoms with Crippen LogP contribution >= 0.6 is 0 Å². The molecule has 0 saturated heterocycles. The highest BCUT2D eigenvalue weighted by molar-refractivity contribution is 5.88. The van der Waals surface area contributed by atoms with Gasteiger partial charge in [0.25, 0.3) is 0 Å². The van der Waals surface area contributed by atoms with Crippen LogP contribution < -0.4 is 10.6 Å². The van der Waals surface area contributed by atoms with E-state index in [0.29, 0.717) is 12.5 Å². The Morgan fingerprint density at radius 1 is 1.36 bits per heavy atom. The van der Waals surface area contributed by atoms with E-state index in [-0.39, 0.29) is 5.91 Å². The summed E-state index contributed by atoms with van der Waals surface area (Å²) in [4.78, 5) is 11.0. The van der Waals surface area contributed by atoms with Crippen molar-refractivity contribution in [2.24, 2.45) is 5.92 Å². The van der Waals surface area contributed by atoms with Gasteiger partial charge in [-0.1, -0.05) is 13.8 Å². The summed E-state index contributed by atoms with van der Waals surface area (Å²) in [6.45, 7) is 5.68. The molecule has 0 fully saturated rings. The minimum atomic E-state index is 0.0127. The molecule has 0 unspecified atom stereocenters. The van der Waals surface area contributed by atoms with Crippen molar-refractivity contribution >= 4 is 5.91 Å². The van der Waals surface area contributed by atoms with Gasteiger partial charge in [0.1, 0.15) is 0 Å². The molecule has 2 N–H and O–H groups in total. The summed E-state index contributed by atoms with van der Waals surface area (Å²) in [7, 11) is 0. The van der Waals surface area contributed by atoms with Gasteiger partial charge in [0.2, 0.25) is 5.91 Å². The average molecular weight is 154 g/mol. The molecule has 62 valence electrons. The van der Waals surface area contributed by atoms with Gasteiger partial charge in [0.15, 0.2) is 0 Å². The maximum absolute atomic E-state index is 11.0. The van der Waals surface area contributed by atoms with Crippen molar-refractivity contribution in [1.29, 1.82) is 0 Å². The minimum absolute atomic E-state index is 0.0127. The zero-order valence-corrected chi connectivity index (χ0v) is 6.98. The van der Waals surface area contributed by atoms with Crippen molar-refractivity contribution in [1.82, 2.24) is 10.6 Å². The van der Waals surface area contributed by atoms with Crippen LogP contribution in [-0.2, 0) is 4.79 Å². The monoisotopic (exact) mass is 154 g/mol. The first-order valence-corrected chi connectivity index (χ1v) is 3.93. The lowest BCUT2D eigenvalue weighted by Gasteiger charge is -2.10. The molecule has 0 aromatic rings. The molecular weight excluding hydrogens is 140 g/mol. The molecule has 0 aromatic carbocycles. The number of nitrogens with one attached hydrogen (secondary N) is 2. The molecule has 11 heavy (non-hydrogen) atoms. The highest BCUT2D eigenvalue weighted by Gasteiger charge is 2.08. The Morgan fingerprint density at radius 2 is 2.00 bits per heavy atom. The Morgan fingerprint density at radius 3 is 2.64 bits per heavy atom. The number of allylic oxidation sites excluding steroid dienone is 1. The van der Waals surface area contributed by atoms with Crippen LogP contribution in [-0.4, -0.2) is 19.0 Å². The van der Waals surface area contributed by atoms with Crippen molar-refractivity contribution in [2.45, 2.75) is 13.8 Å². The fourth-order valence-corrected chi connectivity index (χ4v) is 1.01. The zero-order chi connectivity index (χ0) is 8.27. The topological polar surface area (TPSA) is 41.1 Å². The quantitative estimate of drug-likeness (QED) is 0.568. The van der Waals surface area contributed by atoms with E-state index in [1.165, 1.54) is 0 Å². The number of hydrogen-bond donors (Lipinski definition) is 2. The maximum atomic E-state index is 11.0. The molecule has 3 nitrogen and oxygen atoms in total. The van der Waals surface area contributed by atoms with E-state index in [1.54, 1.807) is 6.08 Å². The Labute approximate surface area is 66.9 Å². The Balaban J connectivity index is 2.67. The lowest BCUT2D eigenvalue weighted by atomic mass is 10.1. The van der Waals surface area contributed by atoms with Crippen LogP contribution in [0.1, 0.15) is 13.8 Å². The van der Waals surface area contributed by atoms with Crippen LogP contribution in [0.25, 0.3) is 0 Å². The molecule has 0 bridgehead atoms. The van der Waals surface area contributed by atoms with Crippen molar-refractivity contribution in [2.75, 3.05) is 13.1 Å². The third-order valence-electron chi connectivity index (χ3n) is 1.66. The summed E-state index contributed by atoms with van der Waals surface area (Å²) in [5.74, 6) is 0.414. The molecule has 0 spiro atoms. The smallest absolute Gasteiger partial charge is 0.245 e. The first-order chi connectivity index (χ1) is 5.20. The predicted molar refractivity (Wildman–Crippen MR) is 43.9 cm³/mol. The van der Waals surface area contributed by atoms with Gasteiger partial charge in [-0.2, -0.15) is 0 Å². The van der Waals surface area contributed by atoms with E-state index in [4.69, 9.17) is 0 Å². The van der Waals surface area contributed by atoms with Crippen LogP contribution in [0.2, 0.25) is 0 Å². The summed E-state index contributed by atoms with van der Waals surface area (Å²) in [5, 5.41) is 5.94. The van der Waals surface area contributed by atoms with Crippen molar-refractivity contribution in [3.63, 3.8) is 0 Å². The standard InChI is InChI=1S/C8H14N2O/c1-6(2)7-5-8(11)10-4-3-9-7/h5-6,9H,3-4H2,1-2H3,(H,10,11). The van der Waals surface area contributed by atoms with Crippen LogP contribution in [0.15, 0.2) is 11.8 Å². The second-order valence-electron chi connectivity index (χ2n) is 2.97. The molecule has 1 aliphatic rings. The predicted octanol–water partition coefficient (Wildman–Crippen LogP) is 0.246. The SMILES string of the molecule is CC(C)C1=CC(=O)NCCN1. The van der Waals surface area contributed by atoms with Gasteiger partial charge in [-0.15, -0.1) is 0 Å². The van der Waals surface area contributed by atoms with Crippen LogP contribution in [0.3, 0.4) is 0 Å². The van der Waals surface area contributed by atoms with Crippen LogP contribution in [0.4, 0.5) is 0 Å².